The molecule has 132 valence electrons. The summed E-state index contributed by atoms with van der Waals surface area (Å²) in [6.45, 7) is 9.34. The number of nitrogens with two attached hydrogens (primary N) is 2. The van der Waals surface area contributed by atoms with Crippen LogP contribution in [0.15, 0.2) is 23.3 Å². The molecule has 0 aromatic carbocycles. The zero-order chi connectivity index (χ0) is 16.8. The van der Waals surface area contributed by atoms with Gasteiger partial charge in [-0.25, -0.2) is 5.43 Å². The van der Waals surface area contributed by atoms with E-state index >= 15 is 0 Å². The van der Waals surface area contributed by atoms with Crippen molar-refractivity contribution in [3.05, 3.63) is 23.3 Å². The molecule has 2 aliphatic rings. The molecule has 23 heavy (non-hydrogen) atoms. The molecule has 0 spiro atoms. The number of allylic oxidation sites excluding steroid dienone is 1. The first kappa shape index (κ1) is 17.9. The Morgan fingerprint density at radius 1 is 1.48 bits per heavy atom. The minimum Gasteiger partial charge on any atom is -0.399 e. The monoisotopic (exact) mass is 324 g/mol. The molecule has 3 atom stereocenters. The zero-order valence-corrected chi connectivity index (χ0v) is 14.6. The maximum atomic E-state index is 6.40. The van der Waals surface area contributed by atoms with Gasteiger partial charge in [-0.2, -0.15) is 0 Å². The van der Waals surface area contributed by atoms with Crippen molar-refractivity contribution in [2.75, 3.05) is 26.3 Å². The molecule has 0 aliphatic carbocycles. The third-order valence-corrected chi connectivity index (χ3v) is 4.32. The van der Waals surface area contributed by atoms with Gasteiger partial charge in [-0.1, -0.05) is 13.8 Å². The lowest BCUT2D eigenvalue weighted by Gasteiger charge is -2.29. The van der Waals surface area contributed by atoms with Gasteiger partial charge in [-0.3, -0.25) is 0 Å². The summed E-state index contributed by atoms with van der Waals surface area (Å²) in [5.74, 6) is 1.54. The quantitative estimate of drug-likeness (QED) is 0.320. The van der Waals surface area contributed by atoms with E-state index < -0.39 is 0 Å². The van der Waals surface area contributed by atoms with Crippen LogP contribution in [0.5, 0.6) is 0 Å². The Morgan fingerprint density at radius 3 is 2.91 bits per heavy atom. The molecule has 2 aliphatic heterocycles. The first-order chi connectivity index (χ1) is 11.1. The fourth-order valence-corrected chi connectivity index (χ4v) is 3.00. The first-order valence-electron chi connectivity index (χ1n) is 8.65. The Kier molecular flexibility index (Phi) is 6.56. The van der Waals surface area contributed by atoms with Crippen molar-refractivity contribution in [1.29, 1.82) is 0 Å². The van der Waals surface area contributed by atoms with E-state index in [9.17, 15) is 0 Å². The molecular weight excluding hydrogens is 292 g/mol. The van der Waals surface area contributed by atoms with Gasteiger partial charge < -0.3 is 31.8 Å². The van der Waals surface area contributed by atoms with Gasteiger partial charge in [0.2, 0.25) is 0 Å². The molecule has 2 rings (SSSR count). The van der Waals surface area contributed by atoms with Crippen molar-refractivity contribution < 1.29 is 4.74 Å². The minimum atomic E-state index is -0.357. The standard InChI is InChI=1S/C16H32N6O/c1-4-12-14(17)15(22(21-12)8-9-23-5-2)16(18)20-13-10-11(3)6-7-19-13/h10-12,16,19-21H,4-9,17-18H2,1-3H3. The predicted molar refractivity (Wildman–Crippen MR) is 92.6 cm³/mol. The van der Waals surface area contributed by atoms with Crippen LogP contribution < -0.4 is 27.5 Å². The highest BCUT2D eigenvalue weighted by atomic mass is 16.5. The van der Waals surface area contributed by atoms with Crippen molar-refractivity contribution in [3.8, 4) is 0 Å². The van der Waals surface area contributed by atoms with Crippen LogP contribution in [0.1, 0.15) is 33.6 Å². The summed E-state index contributed by atoms with van der Waals surface area (Å²) < 4.78 is 5.46. The number of hydrazine groups is 1. The second-order valence-electron chi connectivity index (χ2n) is 6.17. The predicted octanol–water partition coefficient (Wildman–Crippen LogP) is 0.137. The van der Waals surface area contributed by atoms with E-state index in [1.807, 2.05) is 11.9 Å². The average Bonchev–Trinajstić information content (AvgIpc) is 2.83. The lowest BCUT2D eigenvalue weighted by Crippen LogP contribution is -2.49. The molecule has 7 nitrogen and oxygen atoms in total. The topological polar surface area (TPSA) is 101 Å². The highest BCUT2D eigenvalue weighted by Crippen LogP contribution is 2.21. The Morgan fingerprint density at radius 2 is 2.26 bits per heavy atom. The smallest absolute Gasteiger partial charge is 0.120 e. The van der Waals surface area contributed by atoms with Gasteiger partial charge in [0, 0.05) is 13.2 Å². The third-order valence-electron chi connectivity index (χ3n) is 4.32. The number of hydrogen-bond acceptors (Lipinski definition) is 7. The van der Waals surface area contributed by atoms with Crippen LogP contribution in [0.2, 0.25) is 0 Å². The Hall–Kier alpha value is -1.44. The number of nitrogens with zero attached hydrogens (tertiary/aromatic N) is 1. The Balaban J connectivity index is 2.06. The molecule has 0 radical (unpaired) electrons. The second-order valence-corrected chi connectivity index (χ2v) is 6.17. The van der Waals surface area contributed by atoms with E-state index in [0.29, 0.717) is 19.1 Å². The average molecular weight is 324 g/mol. The Bertz CT molecular complexity index is 450. The fourth-order valence-electron chi connectivity index (χ4n) is 3.00. The maximum Gasteiger partial charge on any atom is 0.120 e. The highest BCUT2D eigenvalue weighted by Gasteiger charge is 2.32. The summed E-state index contributed by atoms with van der Waals surface area (Å²) in [5, 5.41) is 8.74. The number of rotatable bonds is 8. The largest absolute Gasteiger partial charge is 0.399 e. The lowest BCUT2D eigenvalue weighted by molar-refractivity contribution is 0.106. The van der Waals surface area contributed by atoms with Gasteiger partial charge in [-0.05, 0) is 31.8 Å². The molecule has 2 heterocycles. The fraction of sp³-hybridized carbons (Fsp3) is 0.750. The van der Waals surface area contributed by atoms with E-state index in [0.717, 1.165) is 43.1 Å². The van der Waals surface area contributed by atoms with Crippen molar-refractivity contribution in [1.82, 2.24) is 21.1 Å². The summed E-state index contributed by atoms with van der Waals surface area (Å²) in [4.78, 5) is 0. The summed E-state index contributed by atoms with van der Waals surface area (Å²) in [6.07, 6.45) is 3.89. The second kappa shape index (κ2) is 8.42. The van der Waals surface area contributed by atoms with E-state index in [2.05, 4.69) is 36.0 Å². The zero-order valence-electron chi connectivity index (χ0n) is 14.6. The highest BCUT2D eigenvalue weighted by molar-refractivity contribution is 5.26. The van der Waals surface area contributed by atoms with Crippen molar-refractivity contribution in [2.45, 2.75) is 45.8 Å². The van der Waals surface area contributed by atoms with Gasteiger partial charge >= 0.3 is 0 Å². The van der Waals surface area contributed by atoms with Crippen LogP contribution in [-0.2, 0) is 4.74 Å². The van der Waals surface area contributed by atoms with Crippen LogP contribution in [0.25, 0.3) is 0 Å². The number of nitrogens with one attached hydrogen (secondary N) is 3. The maximum absolute atomic E-state index is 6.40. The SMILES string of the molecule is CCOCCN1NC(CC)C(N)=C1C(N)NC1=CC(C)CCN1. The van der Waals surface area contributed by atoms with E-state index in [1.165, 1.54) is 0 Å². The van der Waals surface area contributed by atoms with Gasteiger partial charge in [0.15, 0.2) is 0 Å². The van der Waals surface area contributed by atoms with Crippen LogP contribution in [0.3, 0.4) is 0 Å². The molecule has 0 aromatic heterocycles. The number of ether oxygens (including phenoxy) is 1. The molecule has 0 amide bonds. The summed E-state index contributed by atoms with van der Waals surface area (Å²) >= 11 is 0. The molecule has 7 N–H and O–H groups in total. The van der Waals surface area contributed by atoms with Gasteiger partial charge in [0.05, 0.1) is 36.4 Å². The third kappa shape index (κ3) is 4.53. The van der Waals surface area contributed by atoms with Crippen LogP contribution >= 0.6 is 0 Å². The number of hydrogen-bond donors (Lipinski definition) is 5. The molecule has 0 aromatic rings. The minimum absolute atomic E-state index is 0.131. The van der Waals surface area contributed by atoms with Gasteiger partial charge in [-0.15, -0.1) is 0 Å². The summed E-state index contributed by atoms with van der Waals surface area (Å²) in [5.41, 5.74) is 17.9. The summed E-state index contributed by atoms with van der Waals surface area (Å²) in [7, 11) is 0. The first-order valence-corrected chi connectivity index (χ1v) is 8.65. The van der Waals surface area contributed by atoms with E-state index in [-0.39, 0.29) is 12.2 Å². The Labute approximate surface area is 139 Å². The molecular formula is C16H32N6O. The van der Waals surface area contributed by atoms with E-state index in [4.69, 9.17) is 16.2 Å². The molecule has 0 saturated carbocycles. The molecule has 0 fully saturated rings. The molecule has 0 saturated heterocycles. The van der Waals surface area contributed by atoms with Crippen molar-refractivity contribution >= 4 is 0 Å². The normalized spacial score (nSPS) is 26.1. The van der Waals surface area contributed by atoms with E-state index in [1.54, 1.807) is 0 Å². The van der Waals surface area contributed by atoms with Crippen molar-refractivity contribution in [3.63, 3.8) is 0 Å². The van der Waals surface area contributed by atoms with Crippen LogP contribution in [0, 0.1) is 5.92 Å². The van der Waals surface area contributed by atoms with Crippen LogP contribution in [0.4, 0.5) is 0 Å². The summed E-state index contributed by atoms with van der Waals surface area (Å²) in [6, 6.07) is 0.131. The molecule has 0 bridgehead atoms. The lowest BCUT2D eigenvalue weighted by atomic mass is 10.1. The molecule has 3 unspecified atom stereocenters. The van der Waals surface area contributed by atoms with Gasteiger partial charge in [0.25, 0.3) is 0 Å². The van der Waals surface area contributed by atoms with Gasteiger partial charge in [0.1, 0.15) is 6.17 Å². The van der Waals surface area contributed by atoms with Crippen LogP contribution in [-0.4, -0.2) is 43.5 Å². The van der Waals surface area contributed by atoms with Crippen molar-refractivity contribution in [2.24, 2.45) is 17.4 Å². The molecule has 7 heteroatoms.